The lowest BCUT2D eigenvalue weighted by Crippen LogP contribution is -2.32. The highest BCUT2D eigenvalue weighted by Crippen LogP contribution is 2.07. The van der Waals surface area contributed by atoms with Gasteiger partial charge in [0.05, 0.1) is 0 Å². The van der Waals surface area contributed by atoms with Gasteiger partial charge in [-0.3, -0.25) is 0 Å². The third kappa shape index (κ3) is 5.61. The molecule has 18 heavy (non-hydrogen) atoms. The maximum Gasteiger partial charge on any atom is 0.123 e. The van der Waals surface area contributed by atoms with E-state index in [2.05, 4.69) is 24.2 Å². The molecule has 0 saturated carbocycles. The molecule has 0 aromatic heterocycles. The van der Waals surface area contributed by atoms with E-state index in [0.717, 1.165) is 31.6 Å². The van der Waals surface area contributed by atoms with Gasteiger partial charge in [-0.05, 0) is 50.7 Å². The minimum Gasteiger partial charge on any atom is -0.319 e. The van der Waals surface area contributed by atoms with Crippen LogP contribution in [0.1, 0.15) is 18.9 Å². The van der Waals surface area contributed by atoms with Gasteiger partial charge in [0.1, 0.15) is 5.82 Å². The highest BCUT2D eigenvalue weighted by atomic mass is 19.1. The van der Waals surface area contributed by atoms with Crippen LogP contribution in [0, 0.1) is 11.7 Å². The van der Waals surface area contributed by atoms with E-state index < -0.39 is 0 Å². The molecule has 0 heterocycles. The average molecular weight is 252 g/mol. The summed E-state index contributed by atoms with van der Waals surface area (Å²) in [5.41, 5.74) is 1.07. The van der Waals surface area contributed by atoms with Crippen molar-refractivity contribution in [2.75, 3.05) is 33.7 Å². The van der Waals surface area contributed by atoms with Crippen molar-refractivity contribution in [3.63, 3.8) is 0 Å². The summed E-state index contributed by atoms with van der Waals surface area (Å²) in [5, 5.41) is 3.23. The molecule has 1 aromatic carbocycles. The van der Waals surface area contributed by atoms with Crippen molar-refractivity contribution < 1.29 is 4.39 Å². The third-order valence-electron chi connectivity index (χ3n) is 3.31. The van der Waals surface area contributed by atoms with Gasteiger partial charge in [0.15, 0.2) is 0 Å². The topological polar surface area (TPSA) is 15.3 Å². The fraction of sp³-hybridized carbons (Fsp3) is 0.600. The number of benzene rings is 1. The number of hydrogen-bond acceptors (Lipinski definition) is 2. The van der Waals surface area contributed by atoms with E-state index >= 15 is 0 Å². The molecule has 1 rings (SSSR count). The summed E-state index contributed by atoms with van der Waals surface area (Å²) in [7, 11) is 4.13. The van der Waals surface area contributed by atoms with Crippen LogP contribution in [0.4, 0.5) is 4.39 Å². The molecule has 2 nitrogen and oxygen atoms in total. The number of likely N-dealkylation sites (N-methyl/N-ethyl adjacent to an activating group) is 1. The highest BCUT2D eigenvalue weighted by Gasteiger charge is 2.08. The largest absolute Gasteiger partial charge is 0.319 e. The zero-order valence-corrected chi connectivity index (χ0v) is 11.7. The molecule has 102 valence electrons. The Labute approximate surface area is 110 Å². The molecule has 0 aliphatic rings. The first-order valence-electron chi connectivity index (χ1n) is 6.73. The first-order valence-corrected chi connectivity index (χ1v) is 6.73. The van der Waals surface area contributed by atoms with Crippen LogP contribution in [0.15, 0.2) is 24.3 Å². The summed E-state index contributed by atoms with van der Waals surface area (Å²) in [4.78, 5) is 2.33. The summed E-state index contributed by atoms with van der Waals surface area (Å²) in [6.45, 7) is 5.35. The van der Waals surface area contributed by atoms with E-state index in [-0.39, 0.29) is 5.82 Å². The minimum atomic E-state index is -0.142. The molecule has 0 bridgehead atoms. The summed E-state index contributed by atoms with van der Waals surface area (Å²) < 4.78 is 13.0. The van der Waals surface area contributed by atoms with Gasteiger partial charge in [-0.1, -0.05) is 25.5 Å². The van der Waals surface area contributed by atoms with Crippen molar-refractivity contribution >= 4 is 0 Å². The molecule has 0 spiro atoms. The van der Waals surface area contributed by atoms with Crippen molar-refractivity contribution in [3.05, 3.63) is 35.6 Å². The zero-order chi connectivity index (χ0) is 13.4. The Balaban J connectivity index is 2.34. The van der Waals surface area contributed by atoms with E-state index in [1.807, 2.05) is 13.1 Å². The van der Waals surface area contributed by atoms with Gasteiger partial charge in [-0.15, -0.1) is 0 Å². The first-order chi connectivity index (χ1) is 8.65. The van der Waals surface area contributed by atoms with E-state index in [1.54, 1.807) is 12.1 Å². The summed E-state index contributed by atoms with van der Waals surface area (Å²) in [6, 6.07) is 6.88. The van der Waals surface area contributed by atoms with Gasteiger partial charge < -0.3 is 10.2 Å². The van der Waals surface area contributed by atoms with Crippen LogP contribution < -0.4 is 5.32 Å². The lowest BCUT2D eigenvalue weighted by atomic mass is 10.1. The number of nitrogens with one attached hydrogen (secondary N) is 1. The Morgan fingerprint density at radius 2 is 2.17 bits per heavy atom. The molecule has 0 fully saturated rings. The maximum atomic E-state index is 13.0. The summed E-state index contributed by atoms with van der Waals surface area (Å²) >= 11 is 0. The smallest absolute Gasteiger partial charge is 0.123 e. The molecule has 0 aliphatic heterocycles. The van der Waals surface area contributed by atoms with Gasteiger partial charge in [0.2, 0.25) is 0 Å². The molecule has 1 unspecified atom stereocenters. The monoisotopic (exact) mass is 252 g/mol. The fourth-order valence-corrected chi connectivity index (χ4v) is 2.17. The number of hydrogen-bond donors (Lipinski definition) is 1. The fourth-order valence-electron chi connectivity index (χ4n) is 2.17. The number of halogens is 1. The Morgan fingerprint density at radius 1 is 1.39 bits per heavy atom. The first kappa shape index (κ1) is 15.1. The predicted octanol–water partition coefficient (Wildman–Crippen LogP) is 2.55. The average Bonchev–Trinajstić information content (AvgIpc) is 2.36. The van der Waals surface area contributed by atoms with Crippen LogP contribution in [-0.4, -0.2) is 38.6 Å². The second-order valence-corrected chi connectivity index (χ2v) is 4.97. The van der Waals surface area contributed by atoms with Crippen molar-refractivity contribution in [3.8, 4) is 0 Å². The molecule has 0 aliphatic carbocycles. The van der Waals surface area contributed by atoms with Crippen molar-refractivity contribution in [1.82, 2.24) is 10.2 Å². The Morgan fingerprint density at radius 3 is 2.78 bits per heavy atom. The molecule has 1 atom stereocenters. The van der Waals surface area contributed by atoms with Crippen LogP contribution >= 0.6 is 0 Å². The molecule has 0 saturated heterocycles. The minimum absolute atomic E-state index is 0.142. The van der Waals surface area contributed by atoms with E-state index in [1.165, 1.54) is 12.5 Å². The van der Waals surface area contributed by atoms with E-state index in [4.69, 9.17) is 0 Å². The Kier molecular flexibility index (Phi) is 6.91. The van der Waals surface area contributed by atoms with Crippen LogP contribution in [0.25, 0.3) is 0 Å². The van der Waals surface area contributed by atoms with Crippen LogP contribution in [0.3, 0.4) is 0 Å². The number of rotatable bonds is 8. The van der Waals surface area contributed by atoms with Crippen molar-refractivity contribution in [2.45, 2.75) is 19.8 Å². The maximum absolute atomic E-state index is 13.0. The standard InChI is InChI=1S/C15H25FN2/c1-4-13(11-17-2)12-18(3)9-8-14-6-5-7-15(16)10-14/h5-7,10,13,17H,4,8-9,11-12H2,1-3H3. The Hall–Kier alpha value is -0.930. The van der Waals surface area contributed by atoms with Crippen LogP contribution in [0.2, 0.25) is 0 Å². The normalized spacial score (nSPS) is 12.9. The molecule has 1 N–H and O–H groups in total. The summed E-state index contributed by atoms with van der Waals surface area (Å²) in [5.74, 6) is 0.546. The Bertz CT molecular complexity index is 341. The second kappa shape index (κ2) is 8.22. The van der Waals surface area contributed by atoms with E-state index in [9.17, 15) is 4.39 Å². The summed E-state index contributed by atoms with van der Waals surface area (Å²) in [6.07, 6.45) is 2.09. The molecule has 3 heteroatoms. The predicted molar refractivity (Wildman–Crippen MR) is 75.3 cm³/mol. The van der Waals surface area contributed by atoms with Crippen molar-refractivity contribution in [1.29, 1.82) is 0 Å². The lowest BCUT2D eigenvalue weighted by molar-refractivity contribution is 0.271. The third-order valence-corrected chi connectivity index (χ3v) is 3.31. The van der Waals surface area contributed by atoms with Crippen LogP contribution in [0.5, 0.6) is 0 Å². The second-order valence-electron chi connectivity index (χ2n) is 4.97. The number of nitrogens with zero attached hydrogens (tertiary/aromatic N) is 1. The van der Waals surface area contributed by atoms with Gasteiger partial charge in [0, 0.05) is 13.1 Å². The lowest BCUT2D eigenvalue weighted by Gasteiger charge is -2.23. The van der Waals surface area contributed by atoms with Gasteiger partial charge in [-0.25, -0.2) is 4.39 Å². The molecular formula is C15H25FN2. The zero-order valence-electron chi connectivity index (χ0n) is 11.7. The van der Waals surface area contributed by atoms with Gasteiger partial charge >= 0.3 is 0 Å². The molecule has 0 radical (unpaired) electrons. The van der Waals surface area contributed by atoms with Crippen LogP contribution in [-0.2, 0) is 6.42 Å². The molecule has 0 amide bonds. The van der Waals surface area contributed by atoms with Gasteiger partial charge in [0.25, 0.3) is 0 Å². The SMILES string of the molecule is CCC(CNC)CN(C)CCc1cccc(F)c1. The molecular weight excluding hydrogens is 227 g/mol. The quantitative estimate of drug-likeness (QED) is 0.765. The van der Waals surface area contributed by atoms with E-state index in [0.29, 0.717) is 5.92 Å². The van der Waals surface area contributed by atoms with Crippen molar-refractivity contribution in [2.24, 2.45) is 5.92 Å². The van der Waals surface area contributed by atoms with Gasteiger partial charge in [-0.2, -0.15) is 0 Å². The molecule has 1 aromatic rings. The highest BCUT2D eigenvalue weighted by molar-refractivity contribution is 5.16.